The Morgan fingerprint density at radius 1 is 0.545 bits per heavy atom. The highest BCUT2D eigenvalue weighted by Crippen LogP contribution is 2.36. The molecule has 0 radical (unpaired) electrons. The monoisotopic (exact) mass is 904 g/mol. The summed E-state index contributed by atoms with van der Waals surface area (Å²) in [5.41, 5.74) is 5.23. The van der Waals surface area contributed by atoms with Crippen LogP contribution in [0.4, 0.5) is 26.3 Å². The second kappa shape index (κ2) is 17.9. The van der Waals surface area contributed by atoms with Gasteiger partial charge in [-0.2, -0.15) is 10.2 Å². The lowest BCUT2D eigenvalue weighted by Crippen LogP contribution is -2.02. The molecule has 8 heterocycles. The second-order valence-corrected chi connectivity index (χ2v) is 15.4. The topological polar surface area (TPSA) is 141 Å². The number of aryl methyl sites for hydroxylation is 4. The molecule has 0 unspecified atom stereocenters. The fourth-order valence-electron chi connectivity index (χ4n) is 7.88. The number of aromatic nitrogens is 12. The van der Waals surface area contributed by atoms with Crippen LogP contribution in [0.2, 0.25) is 0 Å². The number of rotatable bonds is 10. The number of methoxy groups -OCH3 is 2. The smallest absolute Gasteiger partial charge is 0.238 e. The summed E-state index contributed by atoms with van der Waals surface area (Å²) in [7, 11) is 3.09. The number of hydrogen-bond donors (Lipinski definition) is 0. The van der Waals surface area contributed by atoms with Crippen LogP contribution in [0.1, 0.15) is 81.9 Å². The molecule has 8 aromatic rings. The summed E-state index contributed by atoms with van der Waals surface area (Å²) in [5, 5.41) is 8.88. The van der Waals surface area contributed by atoms with Crippen molar-refractivity contribution in [3.8, 4) is 23.1 Å². The molecule has 0 saturated carbocycles. The first kappa shape index (κ1) is 43.4. The zero-order chi connectivity index (χ0) is 46.2. The van der Waals surface area contributed by atoms with E-state index in [4.69, 9.17) is 9.47 Å². The molecule has 10 rings (SSSR count). The molecule has 0 saturated heterocycles. The molecule has 2 aliphatic rings. The zero-order valence-electron chi connectivity index (χ0n) is 35.7. The highest BCUT2D eigenvalue weighted by Gasteiger charge is 2.31. The van der Waals surface area contributed by atoms with Gasteiger partial charge in [0.15, 0.2) is 46.6 Å². The summed E-state index contributed by atoms with van der Waals surface area (Å²) in [5.74, 6) is -5.60. The Labute approximate surface area is 372 Å². The third-order valence-corrected chi connectivity index (χ3v) is 11.0. The molecule has 0 amide bonds. The maximum atomic E-state index is 13.7. The van der Waals surface area contributed by atoms with Gasteiger partial charge in [-0.05, 0) is 111 Å². The van der Waals surface area contributed by atoms with Crippen LogP contribution in [0.3, 0.4) is 0 Å². The highest BCUT2D eigenvalue weighted by molar-refractivity contribution is 5.67. The van der Waals surface area contributed by atoms with E-state index in [9.17, 15) is 26.3 Å². The van der Waals surface area contributed by atoms with Crippen LogP contribution in [0.5, 0.6) is 11.8 Å². The predicted molar refractivity (Wildman–Crippen MR) is 229 cm³/mol. The van der Waals surface area contributed by atoms with E-state index in [-0.39, 0.29) is 11.8 Å². The van der Waals surface area contributed by atoms with E-state index in [1.165, 1.54) is 0 Å². The Balaban J connectivity index is 0.000000166. The number of nitrogens with zero attached hydrogens (tertiary/aromatic N) is 12. The van der Waals surface area contributed by atoms with Gasteiger partial charge >= 0.3 is 0 Å². The van der Waals surface area contributed by atoms with Crippen LogP contribution in [0.15, 0.2) is 73.6 Å². The third-order valence-electron chi connectivity index (χ3n) is 11.0. The van der Waals surface area contributed by atoms with Gasteiger partial charge in [0.05, 0.1) is 49.6 Å². The average molecular weight is 905 g/mol. The summed E-state index contributed by atoms with van der Waals surface area (Å²) in [4.78, 5) is 26.5. The number of pyridine rings is 2. The number of ether oxygens (including phenoxy) is 2. The molecule has 2 atom stereocenters. The Bertz CT molecular complexity index is 2920. The maximum Gasteiger partial charge on any atom is 0.238 e. The number of benzene rings is 2. The van der Waals surface area contributed by atoms with Gasteiger partial charge in [0.2, 0.25) is 11.8 Å². The Morgan fingerprint density at radius 3 is 1.29 bits per heavy atom. The zero-order valence-corrected chi connectivity index (χ0v) is 35.7. The number of imidazole rings is 2. The minimum atomic E-state index is -1.47. The van der Waals surface area contributed by atoms with Gasteiger partial charge in [-0.25, -0.2) is 65.6 Å². The summed E-state index contributed by atoms with van der Waals surface area (Å²) < 4.78 is 99.3. The lowest BCUT2D eigenvalue weighted by molar-refractivity contribution is 0.395. The predicted octanol–water partition coefficient (Wildman–Crippen LogP) is 8.60. The summed E-state index contributed by atoms with van der Waals surface area (Å²) in [6, 6.07) is 11.5. The van der Waals surface area contributed by atoms with Crippen molar-refractivity contribution < 1.29 is 35.8 Å². The third kappa shape index (κ3) is 8.68. The molecule has 2 aromatic carbocycles. The fourth-order valence-corrected chi connectivity index (χ4v) is 7.88. The maximum absolute atomic E-state index is 13.7. The molecule has 0 bridgehead atoms. The van der Waals surface area contributed by atoms with Crippen LogP contribution in [-0.4, -0.2) is 72.8 Å². The molecular formula is C46H38F6N12O2. The SMILES string of the molecule is COc1nc(/C=C/c2nc3n(n2)CC[C@@H]3c2cc(F)c(F)c(F)c2)ccc1-n1cnc(C)c1.COc1nc(/C=C/c2nc3n(n2)CC[C@H]3c2cc(F)c(F)c(F)c2)ccc1-n1cnc(C)c1. The largest absolute Gasteiger partial charge is 0.479 e. The number of hydrogen-bond acceptors (Lipinski definition) is 10. The summed E-state index contributed by atoms with van der Waals surface area (Å²) in [6.45, 7) is 4.89. The van der Waals surface area contributed by atoms with Crippen molar-refractivity contribution in [3.63, 3.8) is 0 Å². The van der Waals surface area contributed by atoms with Crippen LogP contribution in [0, 0.1) is 48.8 Å². The molecular weight excluding hydrogens is 867 g/mol. The van der Waals surface area contributed by atoms with E-state index in [1.807, 2.05) is 59.6 Å². The minimum absolute atomic E-state index is 0.338. The fraction of sp³-hybridized carbons (Fsp3) is 0.217. The van der Waals surface area contributed by atoms with Gasteiger partial charge in [-0.1, -0.05) is 0 Å². The minimum Gasteiger partial charge on any atom is -0.479 e. The first-order chi connectivity index (χ1) is 31.8. The van der Waals surface area contributed by atoms with Crippen molar-refractivity contribution in [1.82, 2.24) is 58.6 Å². The average Bonchev–Trinajstić information content (AvgIpc) is 4.18. The van der Waals surface area contributed by atoms with Crippen molar-refractivity contribution in [2.45, 2.75) is 51.6 Å². The van der Waals surface area contributed by atoms with E-state index >= 15 is 0 Å². The van der Waals surface area contributed by atoms with Gasteiger partial charge in [0.25, 0.3) is 0 Å². The van der Waals surface area contributed by atoms with Crippen LogP contribution >= 0.6 is 0 Å². The van der Waals surface area contributed by atoms with E-state index < -0.39 is 34.9 Å². The number of fused-ring (bicyclic) bond motifs is 2. The van der Waals surface area contributed by atoms with Crippen LogP contribution in [0.25, 0.3) is 35.7 Å². The van der Waals surface area contributed by atoms with Crippen LogP contribution < -0.4 is 9.47 Å². The molecule has 2 aliphatic heterocycles. The molecule has 14 nitrogen and oxygen atoms in total. The lowest BCUT2D eigenvalue weighted by Gasteiger charge is -2.09. The first-order valence-electron chi connectivity index (χ1n) is 20.5. The van der Waals surface area contributed by atoms with Crippen molar-refractivity contribution >= 4 is 24.3 Å². The normalized spacial score (nSPS) is 15.4. The van der Waals surface area contributed by atoms with E-state index in [0.29, 0.717) is 83.5 Å². The van der Waals surface area contributed by atoms with Gasteiger partial charge in [-0.15, -0.1) is 0 Å². The Morgan fingerprint density at radius 2 is 0.939 bits per heavy atom. The molecule has 20 heteroatoms. The van der Waals surface area contributed by atoms with Gasteiger partial charge in [0, 0.05) is 37.3 Å². The Kier molecular flexibility index (Phi) is 11.8. The van der Waals surface area contributed by atoms with Gasteiger partial charge < -0.3 is 18.6 Å². The molecule has 0 fully saturated rings. The highest BCUT2D eigenvalue weighted by atomic mass is 19.2. The Hall–Kier alpha value is -7.90. The van der Waals surface area contributed by atoms with Crippen molar-refractivity contribution in [1.29, 1.82) is 0 Å². The number of halogens is 6. The van der Waals surface area contributed by atoms with Crippen molar-refractivity contribution in [3.05, 3.63) is 166 Å². The van der Waals surface area contributed by atoms with E-state index in [1.54, 1.807) is 60.5 Å². The quantitative estimate of drug-likeness (QED) is 0.0968. The van der Waals surface area contributed by atoms with Crippen LogP contribution in [-0.2, 0) is 13.1 Å². The van der Waals surface area contributed by atoms with Crippen molar-refractivity contribution in [2.24, 2.45) is 0 Å². The van der Waals surface area contributed by atoms with E-state index in [2.05, 4.69) is 40.1 Å². The second-order valence-electron chi connectivity index (χ2n) is 15.4. The van der Waals surface area contributed by atoms with Gasteiger partial charge in [-0.3, -0.25) is 0 Å². The summed E-state index contributed by atoms with van der Waals surface area (Å²) in [6.07, 6.45) is 15.2. The molecule has 66 heavy (non-hydrogen) atoms. The lowest BCUT2D eigenvalue weighted by atomic mass is 9.97. The van der Waals surface area contributed by atoms with E-state index in [0.717, 1.165) is 47.0 Å². The molecule has 0 N–H and O–H groups in total. The van der Waals surface area contributed by atoms with Crippen molar-refractivity contribution in [2.75, 3.05) is 14.2 Å². The van der Waals surface area contributed by atoms with Gasteiger partial charge in [0.1, 0.15) is 23.0 Å². The summed E-state index contributed by atoms with van der Waals surface area (Å²) >= 11 is 0. The molecule has 0 spiro atoms. The molecule has 336 valence electrons. The first-order valence-corrected chi connectivity index (χ1v) is 20.5. The standard InChI is InChI=1S/2C23H19F3N6O/c2*1-13-11-31(12-27-13)19-5-3-15(28-23(19)33-2)4-6-20-29-22-16(7-8-32(22)30-20)14-9-17(24)21(26)18(25)10-14/h2*3-6,9-12,16H,7-8H2,1-2H3/b2*6-4+/t2*16-/m10/s1. The molecule has 6 aromatic heterocycles. The molecule has 0 aliphatic carbocycles.